The van der Waals surface area contributed by atoms with Gasteiger partial charge in [-0.05, 0) is 12.1 Å². The number of nitrogens with zero attached hydrogens (tertiary/aromatic N) is 3. The van der Waals surface area contributed by atoms with Crippen molar-refractivity contribution >= 4 is 17.5 Å². The highest BCUT2D eigenvalue weighted by molar-refractivity contribution is 5.88. The van der Waals surface area contributed by atoms with Crippen LogP contribution in [0, 0.1) is 0 Å². The maximum atomic E-state index is 12.0. The van der Waals surface area contributed by atoms with Gasteiger partial charge in [0, 0.05) is 20.2 Å². The number of amides is 2. The summed E-state index contributed by atoms with van der Waals surface area (Å²) in [5.41, 5.74) is 0.569. The summed E-state index contributed by atoms with van der Waals surface area (Å²) >= 11 is 0. The molecule has 0 aliphatic carbocycles. The number of aromatic nitrogens is 2. The zero-order valence-electron chi connectivity index (χ0n) is 11.4. The summed E-state index contributed by atoms with van der Waals surface area (Å²) in [4.78, 5) is 24.5. The third-order valence-corrected chi connectivity index (χ3v) is 2.65. The highest BCUT2D eigenvalue weighted by Crippen LogP contribution is 2.07. The second-order valence-corrected chi connectivity index (χ2v) is 4.44. The molecule has 7 nitrogen and oxygen atoms in total. The molecule has 0 saturated carbocycles. The minimum absolute atomic E-state index is 0.0983. The zero-order valence-corrected chi connectivity index (χ0v) is 11.4. The smallest absolute Gasteiger partial charge is 0.244 e. The molecule has 0 aliphatic heterocycles. The van der Waals surface area contributed by atoms with E-state index in [1.165, 1.54) is 17.8 Å². The number of carbonyl (C=O) groups is 2. The van der Waals surface area contributed by atoms with Gasteiger partial charge in [-0.2, -0.15) is 5.10 Å². The Morgan fingerprint density at radius 3 is 2.95 bits per heavy atom. The molecule has 0 radical (unpaired) electrons. The minimum atomic E-state index is -0.175. The summed E-state index contributed by atoms with van der Waals surface area (Å²) in [6.07, 6.45) is 4.68. The van der Waals surface area contributed by atoms with Crippen molar-refractivity contribution in [1.82, 2.24) is 14.7 Å². The molecule has 2 aromatic heterocycles. The van der Waals surface area contributed by atoms with Crippen molar-refractivity contribution in [1.29, 1.82) is 0 Å². The summed E-state index contributed by atoms with van der Waals surface area (Å²) in [5.74, 6) is 0.449. The molecule has 0 spiro atoms. The number of hydrogen-bond donors (Lipinski definition) is 1. The molecule has 2 rings (SSSR count). The molecule has 0 saturated heterocycles. The number of carbonyl (C=O) groups excluding carboxylic acids is 2. The number of rotatable bonds is 5. The Bertz CT molecular complexity index is 589. The lowest BCUT2D eigenvalue weighted by Crippen LogP contribution is -2.29. The van der Waals surface area contributed by atoms with Gasteiger partial charge in [-0.1, -0.05) is 0 Å². The molecular weight excluding hydrogens is 260 g/mol. The number of hydrogen-bond acceptors (Lipinski definition) is 4. The Hall–Kier alpha value is -2.57. The van der Waals surface area contributed by atoms with Crippen LogP contribution in [0.25, 0.3) is 0 Å². The molecule has 2 amide bonds. The molecule has 20 heavy (non-hydrogen) atoms. The molecule has 2 heterocycles. The first kappa shape index (κ1) is 13.9. The van der Waals surface area contributed by atoms with E-state index in [1.54, 1.807) is 30.5 Å². The summed E-state index contributed by atoms with van der Waals surface area (Å²) in [7, 11) is 1.70. The van der Waals surface area contributed by atoms with Gasteiger partial charge >= 0.3 is 0 Å². The zero-order chi connectivity index (χ0) is 14.5. The summed E-state index contributed by atoms with van der Waals surface area (Å²) in [6.45, 7) is 1.93. The number of furan rings is 1. The first-order valence-corrected chi connectivity index (χ1v) is 6.11. The van der Waals surface area contributed by atoms with Crippen LogP contribution in [-0.2, 0) is 22.7 Å². The Morgan fingerprint density at radius 1 is 1.50 bits per heavy atom. The lowest BCUT2D eigenvalue weighted by Gasteiger charge is -2.15. The molecule has 0 bridgehead atoms. The minimum Gasteiger partial charge on any atom is -0.467 e. The third kappa shape index (κ3) is 3.71. The maximum Gasteiger partial charge on any atom is 0.244 e. The molecule has 2 aromatic rings. The van der Waals surface area contributed by atoms with Crippen LogP contribution in [0.4, 0.5) is 5.69 Å². The highest BCUT2D eigenvalue weighted by Gasteiger charge is 2.12. The number of anilines is 1. The highest BCUT2D eigenvalue weighted by atomic mass is 16.3. The monoisotopic (exact) mass is 276 g/mol. The van der Waals surface area contributed by atoms with Gasteiger partial charge in [0.05, 0.1) is 24.7 Å². The standard InChI is InChI=1S/C13H16N4O3/c1-10(18)15-11-6-14-17(7-11)9-13(19)16(2)8-12-4-3-5-20-12/h3-7H,8-9H2,1-2H3,(H,15,18). The van der Waals surface area contributed by atoms with Crippen molar-refractivity contribution in [2.45, 2.75) is 20.0 Å². The average Bonchev–Trinajstić information content (AvgIpc) is 3.00. The van der Waals surface area contributed by atoms with Gasteiger partial charge in [-0.3, -0.25) is 14.3 Å². The van der Waals surface area contributed by atoms with Gasteiger partial charge in [-0.15, -0.1) is 0 Å². The van der Waals surface area contributed by atoms with Crippen LogP contribution < -0.4 is 5.32 Å². The van der Waals surface area contributed by atoms with Crippen molar-refractivity contribution in [3.8, 4) is 0 Å². The Labute approximate surface area is 116 Å². The second-order valence-electron chi connectivity index (χ2n) is 4.44. The topological polar surface area (TPSA) is 80.4 Å². The van der Waals surface area contributed by atoms with Crippen molar-refractivity contribution in [2.24, 2.45) is 0 Å². The van der Waals surface area contributed by atoms with Gasteiger partial charge < -0.3 is 14.6 Å². The first-order valence-electron chi connectivity index (χ1n) is 6.11. The lowest BCUT2D eigenvalue weighted by molar-refractivity contribution is -0.131. The van der Waals surface area contributed by atoms with E-state index in [0.29, 0.717) is 12.2 Å². The number of likely N-dealkylation sites (N-methyl/N-ethyl adjacent to an activating group) is 1. The molecule has 7 heteroatoms. The normalized spacial score (nSPS) is 10.3. The van der Waals surface area contributed by atoms with E-state index < -0.39 is 0 Å². The van der Waals surface area contributed by atoms with E-state index in [-0.39, 0.29) is 18.4 Å². The van der Waals surface area contributed by atoms with Crippen molar-refractivity contribution in [3.63, 3.8) is 0 Å². The Kier molecular flexibility index (Phi) is 4.19. The van der Waals surface area contributed by atoms with Crippen molar-refractivity contribution in [3.05, 3.63) is 36.5 Å². The fraction of sp³-hybridized carbons (Fsp3) is 0.308. The van der Waals surface area contributed by atoms with E-state index in [4.69, 9.17) is 4.42 Å². The van der Waals surface area contributed by atoms with Gasteiger partial charge in [0.15, 0.2) is 0 Å². The molecule has 0 aromatic carbocycles. The van der Waals surface area contributed by atoms with Crippen LogP contribution in [0.1, 0.15) is 12.7 Å². The van der Waals surface area contributed by atoms with Gasteiger partial charge in [0.25, 0.3) is 0 Å². The van der Waals surface area contributed by atoms with E-state index in [9.17, 15) is 9.59 Å². The van der Waals surface area contributed by atoms with Crippen LogP contribution >= 0.6 is 0 Å². The predicted octanol–water partition coefficient (Wildman–Crippen LogP) is 1.09. The summed E-state index contributed by atoms with van der Waals surface area (Å²) in [5, 5.41) is 6.62. The van der Waals surface area contributed by atoms with Gasteiger partial charge in [0.1, 0.15) is 12.3 Å². The fourth-order valence-corrected chi connectivity index (χ4v) is 1.70. The molecule has 0 atom stereocenters. The van der Waals surface area contributed by atoms with Crippen molar-refractivity contribution in [2.75, 3.05) is 12.4 Å². The Balaban J connectivity index is 1.90. The van der Waals surface area contributed by atoms with Gasteiger partial charge in [-0.25, -0.2) is 0 Å². The SMILES string of the molecule is CC(=O)Nc1cnn(CC(=O)N(C)Cc2ccco2)c1. The molecule has 106 valence electrons. The van der Waals surface area contributed by atoms with Crippen LogP contribution in [0.5, 0.6) is 0 Å². The molecule has 0 aliphatic rings. The molecule has 0 fully saturated rings. The Morgan fingerprint density at radius 2 is 2.30 bits per heavy atom. The largest absolute Gasteiger partial charge is 0.467 e. The van der Waals surface area contributed by atoms with Crippen molar-refractivity contribution < 1.29 is 14.0 Å². The number of nitrogens with one attached hydrogen (secondary N) is 1. The van der Waals surface area contributed by atoms with E-state index >= 15 is 0 Å². The summed E-state index contributed by atoms with van der Waals surface area (Å²) < 4.78 is 6.67. The molecule has 1 N–H and O–H groups in total. The molecular formula is C13H16N4O3. The first-order chi connectivity index (χ1) is 9.54. The second kappa shape index (κ2) is 6.05. The fourth-order valence-electron chi connectivity index (χ4n) is 1.70. The van der Waals surface area contributed by atoms with Gasteiger partial charge in [0.2, 0.25) is 11.8 Å². The van der Waals surface area contributed by atoms with E-state index in [1.807, 2.05) is 6.07 Å². The van der Waals surface area contributed by atoms with Crippen LogP contribution in [0.15, 0.2) is 35.2 Å². The summed E-state index contributed by atoms with van der Waals surface area (Å²) in [6, 6.07) is 3.59. The maximum absolute atomic E-state index is 12.0. The lowest BCUT2D eigenvalue weighted by atomic mass is 10.4. The van der Waals surface area contributed by atoms with E-state index in [0.717, 1.165) is 5.76 Å². The average molecular weight is 276 g/mol. The van der Waals surface area contributed by atoms with E-state index in [2.05, 4.69) is 10.4 Å². The molecule has 0 unspecified atom stereocenters. The quantitative estimate of drug-likeness (QED) is 0.886. The van der Waals surface area contributed by atoms with Crippen LogP contribution in [0.2, 0.25) is 0 Å². The van der Waals surface area contributed by atoms with Crippen LogP contribution in [0.3, 0.4) is 0 Å². The third-order valence-electron chi connectivity index (χ3n) is 2.65. The van der Waals surface area contributed by atoms with Crippen LogP contribution in [-0.4, -0.2) is 33.5 Å². The predicted molar refractivity (Wildman–Crippen MR) is 71.7 cm³/mol.